The van der Waals surface area contributed by atoms with Gasteiger partial charge >= 0.3 is 0 Å². The van der Waals surface area contributed by atoms with Crippen LogP contribution in [-0.4, -0.2) is 28.8 Å². The molecule has 2 aliphatic rings. The first-order chi connectivity index (χ1) is 8.31. The van der Waals surface area contributed by atoms with E-state index in [1.54, 1.807) is 0 Å². The number of hydrogen-bond acceptors (Lipinski definition) is 4. The number of carbonyl (C=O) groups is 3. The zero-order chi connectivity index (χ0) is 12.5. The summed E-state index contributed by atoms with van der Waals surface area (Å²) in [6.45, 7) is 0. The van der Waals surface area contributed by atoms with Crippen molar-refractivity contribution >= 4 is 18.9 Å². The summed E-state index contributed by atoms with van der Waals surface area (Å²) in [6, 6.07) is 0. The molecule has 5 nitrogen and oxygen atoms in total. The van der Waals surface area contributed by atoms with Crippen LogP contribution in [0.5, 0.6) is 0 Å². The molecular weight excluding hydrogens is 220 g/mol. The monoisotopic (exact) mass is 236 g/mol. The Morgan fingerprint density at radius 3 is 2.00 bits per heavy atom. The second-order valence-electron chi connectivity index (χ2n) is 3.99. The van der Waals surface area contributed by atoms with E-state index in [2.05, 4.69) is 9.97 Å². The summed E-state index contributed by atoms with van der Waals surface area (Å²) in [5.74, 6) is 2.39. The summed E-state index contributed by atoms with van der Waals surface area (Å²) in [7, 11) is 0. The van der Waals surface area contributed by atoms with Gasteiger partial charge in [-0.05, 0) is 25.7 Å². The van der Waals surface area contributed by atoms with Crippen molar-refractivity contribution in [3.05, 3.63) is 18.2 Å². The molecule has 1 aromatic heterocycles. The first-order valence-corrected chi connectivity index (χ1v) is 5.65. The van der Waals surface area contributed by atoms with Gasteiger partial charge in [-0.2, -0.15) is 0 Å². The number of nitrogens with zero attached hydrogens (tertiary/aromatic N) is 1. The number of rotatable bonds is 3. The van der Waals surface area contributed by atoms with Crippen molar-refractivity contribution < 1.29 is 14.4 Å². The summed E-state index contributed by atoms with van der Waals surface area (Å²) in [4.78, 5) is 34.4. The minimum atomic E-state index is 0.194. The lowest BCUT2D eigenvalue weighted by Gasteiger charge is -1.82. The van der Waals surface area contributed by atoms with Crippen LogP contribution in [0.2, 0.25) is 0 Å². The van der Waals surface area contributed by atoms with Gasteiger partial charge in [0.2, 0.25) is 0 Å². The van der Waals surface area contributed by atoms with Crippen molar-refractivity contribution in [2.45, 2.75) is 31.6 Å². The Bertz CT molecular complexity index is 335. The summed E-state index contributed by atoms with van der Waals surface area (Å²) in [5.41, 5.74) is 0. The minimum absolute atomic E-state index is 0.194. The number of aldehydes is 3. The van der Waals surface area contributed by atoms with Crippen molar-refractivity contribution in [2.24, 2.45) is 5.92 Å². The van der Waals surface area contributed by atoms with E-state index in [-0.39, 0.29) is 12.6 Å². The van der Waals surface area contributed by atoms with Gasteiger partial charge in [0.05, 0.1) is 0 Å². The third-order valence-electron chi connectivity index (χ3n) is 2.35. The van der Waals surface area contributed by atoms with Crippen molar-refractivity contribution in [3.63, 3.8) is 0 Å². The molecule has 2 fully saturated rings. The maximum atomic E-state index is 9.57. The largest absolute Gasteiger partial charge is 0.348 e. The molecule has 3 rings (SSSR count). The molecular formula is C12H16N2O3. The van der Waals surface area contributed by atoms with Crippen molar-refractivity contribution in [2.75, 3.05) is 0 Å². The molecule has 17 heavy (non-hydrogen) atoms. The molecule has 0 amide bonds. The normalized spacial score (nSPS) is 16.7. The molecule has 0 bridgehead atoms. The lowest BCUT2D eigenvalue weighted by atomic mass is 10.4. The Labute approximate surface area is 99.6 Å². The van der Waals surface area contributed by atoms with Crippen LogP contribution >= 0.6 is 0 Å². The van der Waals surface area contributed by atoms with E-state index < -0.39 is 0 Å². The van der Waals surface area contributed by atoms with Crippen LogP contribution in [0.15, 0.2) is 12.4 Å². The highest BCUT2D eigenvalue weighted by Crippen LogP contribution is 2.37. The fourth-order valence-electron chi connectivity index (χ4n) is 1.09. The summed E-state index contributed by atoms with van der Waals surface area (Å²) in [5, 5.41) is 0. The molecule has 1 N–H and O–H groups in total. The number of imidazole rings is 1. The molecule has 0 spiro atoms. The van der Waals surface area contributed by atoms with Crippen LogP contribution in [0, 0.1) is 5.92 Å². The van der Waals surface area contributed by atoms with Crippen LogP contribution in [0.3, 0.4) is 0 Å². The van der Waals surface area contributed by atoms with Crippen LogP contribution in [0.4, 0.5) is 0 Å². The molecule has 0 unspecified atom stereocenters. The number of carbonyl (C=O) groups excluding carboxylic acids is 3. The summed E-state index contributed by atoms with van der Waals surface area (Å²) in [6.07, 6.45) is 10.1. The number of aromatic amines is 1. The van der Waals surface area contributed by atoms with Gasteiger partial charge in [-0.1, -0.05) is 0 Å². The van der Waals surface area contributed by atoms with Crippen LogP contribution in [0.1, 0.15) is 37.4 Å². The Kier molecular flexibility index (Phi) is 5.85. The highest BCUT2D eigenvalue weighted by atomic mass is 16.2. The molecule has 0 saturated heterocycles. The molecule has 1 heterocycles. The highest BCUT2D eigenvalue weighted by Gasteiger charge is 2.25. The standard InChI is InChI=1S/C6H8N2.C4H6O.C2H2O2/c1-2-5(1)6-7-3-4-8-6;5-3-4-1-2-4;3-1-2-4/h3-5H,1-2H2,(H,7,8);3-4H,1-2H2;1-2H. The van der Waals surface area contributed by atoms with Crippen molar-refractivity contribution in [1.82, 2.24) is 9.97 Å². The average molecular weight is 236 g/mol. The third kappa shape index (κ3) is 6.40. The Balaban J connectivity index is 0.000000140. The zero-order valence-electron chi connectivity index (χ0n) is 9.54. The molecule has 0 aromatic carbocycles. The second-order valence-corrected chi connectivity index (χ2v) is 3.99. The molecule has 92 valence electrons. The fourth-order valence-corrected chi connectivity index (χ4v) is 1.09. The first kappa shape index (κ1) is 13.3. The predicted molar refractivity (Wildman–Crippen MR) is 61.5 cm³/mol. The minimum Gasteiger partial charge on any atom is -0.348 e. The smallest absolute Gasteiger partial charge is 0.182 e. The Morgan fingerprint density at radius 1 is 1.12 bits per heavy atom. The van der Waals surface area contributed by atoms with Gasteiger partial charge in [0.1, 0.15) is 12.1 Å². The van der Waals surface area contributed by atoms with Gasteiger partial charge in [0.25, 0.3) is 0 Å². The average Bonchev–Trinajstić information content (AvgIpc) is 3.31. The van der Waals surface area contributed by atoms with Gasteiger partial charge in [-0.3, -0.25) is 9.59 Å². The van der Waals surface area contributed by atoms with Crippen molar-refractivity contribution in [3.8, 4) is 0 Å². The summed E-state index contributed by atoms with van der Waals surface area (Å²) >= 11 is 0. The number of hydrogen-bond donors (Lipinski definition) is 1. The third-order valence-corrected chi connectivity index (χ3v) is 2.35. The number of nitrogens with one attached hydrogen (secondary N) is 1. The molecule has 1 aromatic rings. The van der Waals surface area contributed by atoms with E-state index in [1.807, 2.05) is 12.4 Å². The predicted octanol–water partition coefficient (Wildman–Crippen LogP) is 1.27. The molecule has 2 saturated carbocycles. The van der Waals surface area contributed by atoms with Crippen molar-refractivity contribution in [1.29, 1.82) is 0 Å². The SMILES string of the molecule is O=CC1CC1.O=CC=O.c1c[nH]c(C2CC2)n1. The van der Waals surface area contributed by atoms with E-state index in [4.69, 9.17) is 9.59 Å². The van der Waals surface area contributed by atoms with Gasteiger partial charge in [-0.15, -0.1) is 0 Å². The Hall–Kier alpha value is -1.78. The zero-order valence-corrected chi connectivity index (χ0v) is 9.54. The van der Waals surface area contributed by atoms with E-state index >= 15 is 0 Å². The quantitative estimate of drug-likeness (QED) is 0.633. The number of H-pyrrole nitrogens is 1. The maximum Gasteiger partial charge on any atom is 0.182 e. The summed E-state index contributed by atoms with van der Waals surface area (Å²) < 4.78 is 0. The molecule has 0 aliphatic heterocycles. The van der Waals surface area contributed by atoms with Gasteiger partial charge in [0, 0.05) is 24.2 Å². The molecule has 5 heteroatoms. The first-order valence-electron chi connectivity index (χ1n) is 5.65. The van der Waals surface area contributed by atoms with E-state index in [9.17, 15) is 4.79 Å². The van der Waals surface area contributed by atoms with Gasteiger partial charge < -0.3 is 9.78 Å². The number of aromatic nitrogens is 2. The van der Waals surface area contributed by atoms with E-state index in [1.165, 1.54) is 18.7 Å². The molecule has 0 atom stereocenters. The fraction of sp³-hybridized carbons (Fsp3) is 0.500. The lowest BCUT2D eigenvalue weighted by Crippen LogP contribution is -1.78. The van der Waals surface area contributed by atoms with Crippen LogP contribution in [-0.2, 0) is 14.4 Å². The van der Waals surface area contributed by atoms with E-state index in [0.717, 1.165) is 25.0 Å². The lowest BCUT2D eigenvalue weighted by molar-refractivity contribution is -0.122. The Morgan fingerprint density at radius 2 is 1.76 bits per heavy atom. The van der Waals surface area contributed by atoms with Crippen LogP contribution < -0.4 is 0 Å². The van der Waals surface area contributed by atoms with Crippen LogP contribution in [0.25, 0.3) is 0 Å². The highest BCUT2D eigenvalue weighted by molar-refractivity contribution is 6.09. The molecule has 0 radical (unpaired) electrons. The van der Waals surface area contributed by atoms with Gasteiger partial charge in [-0.25, -0.2) is 4.98 Å². The topological polar surface area (TPSA) is 79.9 Å². The van der Waals surface area contributed by atoms with E-state index in [0.29, 0.717) is 5.92 Å². The second kappa shape index (κ2) is 7.49. The maximum absolute atomic E-state index is 9.57. The molecule has 2 aliphatic carbocycles. The van der Waals surface area contributed by atoms with Gasteiger partial charge in [0.15, 0.2) is 12.6 Å².